The zero-order chi connectivity index (χ0) is 12.8. The predicted molar refractivity (Wildman–Crippen MR) is 68.9 cm³/mol. The van der Waals surface area contributed by atoms with E-state index in [1.807, 2.05) is 6.92 Å². The first-order valence-electron chi connectivity index (χ1n) is 6.13. The summed E-state index contributed by atoms with van der Waals surface area (Å²) < 4.78 is 18.5. The van der Waals surface area contributed by atoms with Gasteiger partial charge < -0.3 is 10.1 Å². The minimum Gasteiger partial charge on any atom is -0.492 e. The normalized spacial score (nSPS) is 12.8. The molecule has 0 spiro atoms. The molecule has 3 heteroatoms. The van der Waals surface area contributed by atoms with Crippen molar-refractivity contribution in [2.45, 2.75) is 33.7 Å². The molecular weight excluding hydrogens is 217 g/mol. The lowest BCUT2D eigenvalue weighted by atomic mass is 10.1. The molecule has 17 heavy (non-hydrogen) atoms. The van der Waals surface area contributed by atoms with Crippen LogP contribution in [0.25, 0.3) is 0 Å². The quantitative estimate of drug-likeness (QED) is 0.770. The molecule has 1 N–H and O–H groups in total. The summed E-state index contributed by atoms with van der Waals surface area (Å²) in [5.41, 5.74) is 0.961. The van der Waals surface area contributed by atoms with Crippen LogP contribution in [0.15, 0.2) is 18.2 Å². The summed E-state index contributed by atoms with van der Waals surface area (Å²) >= 11 is 0. The van der Waals surface area contributed by atoms with Crippen molar-refractivity contribution in [1.29, 1.82) is 0 Å². The molecule has 0 aromatic heterocycles. The maximum absolute atomic E-state index is 13.0. The average Bonchev–Trinajstić information content (AvgIpc) is 2.28. The zero-order valence-corrected chi connectivity index (χ0v) is 11.1. The third-order valence-corrected chi connectivity index (χ3v) is 2.98. The Balaban J connectivity index is 2.33. The van der Waals surface area contributed by atoms with E-state index >= 15 is 0 Å². The lowest BCUT2D eigenvalue weighted by Gasteiger charge is -2.17. The van der Waals surface area contributed by atoms with E-state index in [1.165, 1.54) is 12.1 Å². The molecule has 0 amide bonds. The van der Waals surface area contributed by atoms with Crippen LogP contribution in [0.2, 0.25) is 0 Å². The first-order chi connectivity index (χ1) is 8.00. The summed E-state index contributed by atoms with van der Waals surface area (Å²) in [6, 6.07) is 5.07. The first kappa shape index (κ1) is 14.0. The van der Waals surface area contributed by atoms with Gasteiger partial charge in [-0.1, -0.05) is 19.9 Å². The van der Waals surface area contributed by atoms with Crippen LogP contribution in [-0.4, -0.2) is 19.2 Å². The van der Waals surface area contributed by atoms with E-state index in [4.69, 9.17) is 4.74 Å². The van der Waals surface area contributed by atoms with Crippen LogP contribution in [0.1, 0.15) is 26.3 Å². The highest BCUT2D eigenvalue weighted by Crippen LogP contribution is 2.18. The van der Waals surface area contributed by atoms with Gasteiger partial charge in [-0.15, -0.1) is 0 Å². The van der Waals surface area contributed by atoms with Crippen molar-refractivity contribution in [1.82, 2.24) is 5.32 Å². The second-order valence-corrected chi connectivity index (χ2v) is 4.75. The molecule has 0 aliphatic carbocycles. The molecule has 1 unspecified atom stereocenters. The molecule has 0 saturated heterocycles. The van der Waals surface area contributed by atoms with Gasteiger partial charge in [0, 0.05) is 18.7 Å². The smallest absolute Gasteiger partial charge is 0.126 e. The van der Waals surface area contributed by atoms with E-state index < -0.39 is 0 Å². The molecule has 0 aliphatic heterocycles. The largest absolute Gasteiger partial charge is 0.492 e. The van der Waals surface area contributed by atoms with Gasteiger partial charge in [0.15, 0.2) is 0 Å². The first-order valence-corrected chi connectivity index (χ1v) is 6.13. The molecule has 96 valence electrons. The number of ether oxygens (including phenoxy) is 1. The number of hydrogen-bond acceptors (Lipinski definition) is 2. The monoisotopic (exact) mass is 239 g/mol. The molecule has 1 atom stereocenters. The van der Waals surface area contributed by atoms with E-state index in [9.17, 15) is 4.39 Å². The molecule has 1 rings (SSSR count). The van der Waals surface area contributed by atoms with Gasteiger partial charge in [-0.05, 0) is 31.4 Å². The maximum atomic E-state index is 13.0. The zero-order valence-electron chi connectivity index (χ0n) is 11.1. The molecule has 0 saturated carbocycles. The van der Waals surface area contributed by atoms with E-state index in [-0.39, 0.29) is 5.82 Å². The van der Waals surface area contributed by atoms with Crippen LogP contribution in [-0.2, 0) is 0 Å². The fourth-order valence-corrected chi connectivity index (χ4v) is 1.41. The third kappa shape index (κ3) is 4.73. The van der Waals surface area contributed by atoms with Gasteiger partial charge in [-0.3, -0.25) is 0 Å². The highest BCUT2D eigenvalue weighted by Gasteiger charge is 2.06. The van der Waals surface area contributed by atoms with E-state index in [0.717, 1.165) is 12.1 Å². The number of nitrogens with one attached hydrogen (secondary N) is 1. The van der Waals surface area contributed by atoms with Gasteiger partial charge in [0.05, 0.1) is 0 Å². The third-order valence-electron chi connectivity index (χ3n) is 2.98. The molecule has 1 aromatic rings. The molecule has 0 heterocycles. The second kappa shape index (κ2) is 6.60. The Morgan fingerprint density at radius 3 is 2.65 bits per heavy atom. The summed E-state index contributed by atoms with van der Waals surface area (Å²) in [6.07, 6.45) is 0. The molecule has 0 bridgehead atoms. The van der Waals surface area contributed by atoms with Gasteiger partial charge >= 0.3 is 0 Å². The number of halogens is 1. The standard InChI is InChI=1S/C14H22FNO/c1-10(2)12(4)16-7-8-17-14-9-13(15)6-5-11(14)3/h5-6,9-10,12,16H,7-8H2,1-4H3. The number of benzene rings is 1. The number of hydrogen-bond donors (Lipinski definition) is 1. The Bertz CT molecular complexity index is 352. The van der Waals surface area contributed by atoms with Crippen molar-refractivity contribution in [3.63, 3.8) is 0 Å². The van der Waals surface area contributed by atoms with Crippen LogP contribution in [0.5, 0.6) is 5.75 Å². The fourth-order valence-electron chi connectivity index (χ4n) is 1.41. The molecule has 0 radical (unpaired) electrons. The van der Waals surface area contributed by atoms with E-state index in [1.54, 1.807) is 6.07 Å². The predicted octanol–water partition coefficient (Wildman–Crippen LogP) is 3.15. The average molecular weight is 239 g/mol. The lowest BCUT2D eigenvalue weighted by Crippen LogP contribution is -2.33. The highest BCUT2D eigenvalue weighted by atomic mass is 19.1. The van der Waals surface area contributed by atoms with Crippen LogP contribution < -0.4 is 10.1 Å². The van der Waals surface area contributed by atoms with Gasteiger partial charge in [-0.2, -0.15) is 0 Å². The van der Waals surface area contributed by atoms with Crippen molar-refractivity contribution in [2.24, 2.45) is 5.92 Å². The van der Waals surface area contributed by atoms with Crippen LogP contribution in [0.4, 0.5) is 4.39 Å². The SMILES string of the molecule is Cc1ccc(F)cc1OCCNC(C)C(C)C. The Morgan fingerprint density at radius 2 is 2.00 bits per heavy atom. The van der Waals surface area contributed by atoms with Gasteiger partial charge in [0.2, 0.25) is 0 Å². The van der Waals surface area contributed by atoms with Crippen molar-refractivity contribution in [3.8, 4) is 5.75 Å². The maximum Gasteiger partial charge on any atom is 0.126 e. The Morgan fingerprint density at radius 1 is 1.29 bits per heavy atom. The minimum atomic E-state index is -0.255. The summed E-state index contributed by atoms with van der Waals surface area (Å²) in [4.78, 5) is 0. The summed E-state index contributed by atoms with van der Waals surface area (Å²) in [5.74, 6) is 0.976. The highest BCUT2D eigenvalue weighted by molar-refractivity contribution is 5.32. The van der Waals surface area contributed by atoms with Crippen molar-refractivity contribution >= 4 is 0 Å². The topological polar surface area (TPSA) is 21.3 Å². The second-order valence-electron chi connectivity index (χ2n) is 4.75. The Kier molecular flexibility index (Phi) is 5.42. The number of rotatable bonds is 6. The van der Waals surface area contributed by atoms with Crippen LogP contribution in [0, 0.1) is 18.7 Å². The van der Waals surface area contributed by atoms with Crippen LogP contribution in [0.3, 0.4) is 0 Å². The Labute approximate surface area is 103 Å². The molecule has 1 aromatic carbocycles. The fraction of sp³-hybridized carbons (Fsp3) is 0.571. The minimum absolute atomic E-state index is 0.255. The Hall–Kier alpha value is -1.09. The van der Waals surface area contributed by atoms with Gasteiger partial charge in [0.25, 0.3) is 0 Å². The molecular formula is C14H22FNO. The molecule has 2 nitrogen and oxygen atoms in total. The summed E-state index contributed by atoms with van der Waals surface area (Å²) in [7, 11) is 0. The van der Waals surface area contributed by atoms with Gasteiger partial charge in [-0.25, -0.2) is 4.39 Å². The van der Waals surface area contributed by atoms with Gasteiger partial charge in [0.1, 0.15) is 18.2 Å². The molecule has 0 aliphatic rings. The summed E-state index contributed by atoms with van der Waals surface area (Å²) in [5, 5.41) is 3.37. The van der Waals surface area contributed by atoms with Crippen LogP contribution >= 0.6 is 0 Å². The van der Waals surface area contributed by atoms with Crippen molar-refractivity contribution < 1.29 is 9.13 Å². The van der Waals surface area contributed by atoms with E-state index in [0.29, 0.717) is 24.3 Å². The summed E-state index contributed by atoms with van der Waals surface area (Å²) in [6.45, 7) is 9.75. The van der Waals surface area contributed by atoms with Crippen molar-refractivity contribution in [2.75, 3.05) is 13.2 Å². The van der Waals surface area contributed by atoms with Crippen molar-refractivity contribution in [3.05, 3.63) is 29.6 Å². The lowest BCUT2D eigenvalue weighted by molar-refractivity contribution is 0.294. The number of aryl methyl sites for hydroxylation is 1. The van der Waals surface area contributed by atoms with E-state index in [2.05, 4.69) is 26.1 Å². The molecule has 0 fully saturated rings.